The predicted octanol–water partition coefficient (Wildman–Crippen LogP) is 2.41. The highest BCUT2D eigenvalue weighted by Gasteiger charge is 2.22. The zero-order valence-electron chi connectivity index (χ0n) is 10.6. The number of carboxylic acids is 1. The summed E-state index contributed by atoms with van der Waals surface area (Å²) in [6.45, 7) is -0.0200. The lowest BCUT2D eigenvalue weighted by Gasteiger charge is -2.14. The summed E-state index contributed by atoms with van der Waals surface area (Å²) in [5, 5.41) is 10.9. The molecular formula is C13H15F2NO4. The van der Waals surface area contributed by atoms with Crippen molar-refractivity contribution in [3.05, 3.63) is 35.9 Å². The molecule has 5 nitrogen and oxygen atoms in total. The summed E-state index contributed by atoms with van der Waals surface area (Å²) in [6.07, 6.45) is -4.52. The molecule has 0 saturated carbocycles. The smallest absolute Gasteiger partial charge is 0.408 e. The highest BCUT2D eigenvalue weighted by molar-refractivity contribution is 5.79. The molecule has 0 radical (unpaired) electrons. The number of carbonyl (C=O) groups is 2. The van der Waals surface area contributed by atoms with Gasteiger partial charge in [0.25, 0.3) is 0 Å². The third-order valence-corrected chi connectivity index (χ3v) is 2.48. The van der Waals surface area contributed by atoms with Gasteiger partial charge in [0.05, 0.1) is 0 Å². The molecule has 1 amide bonds. The fourth-order valence-corrected chi connectivity index (χ4v) is 1.46. The number of aliphatic carboxylic acids is 1. The number of carbonyl (C=O) groups excluding carboxylic acids is 1. The molecule has 7 heteroatoms. The number of amides is 1. The Morgan fingerprint density at radius 2 is 1.85 bits per heavy atom. The van der Waals surface area contributed by atoms with Crippen LogP contribution in [-0.2, 0) is 16.1 Å². The van der Waals surface area contributed by atoms with Gasteiger partial charge in [-0.1, -0.05) is 30.3 Å². The molecule has 0 aromatic heterocycles. The van der Waals surface area contributed by atoms with Crippen molar-refractivity contribution in [2.24, 2.45) is 0 Å². The van der Waals surface area contributed by atoms with Crippen molar-refractivity contribution in [2.75, 3.05) is 0 Å². The normalized spacial score (nSPS) is 11.9. The molecule has 0 bridgehead atoms. The summed E-state index contributed by atoms with van der Waals surface area (Å²) in [6, 6.07) is 7.41. The van der Waals surface area contributed by atoms with Crippen molar-refractivity contribution in [3.63, 3.8) is 0 Å². The van der Waals surface area contributed by atoms with Gasteiger partial charge in [-0.3, -0.25) is 0 Å². The van der Waals surface area contributed by atoms with Crippen molar-refractivity contribution in [3.8, 4) is 0 Å². The molecule has 0 aliphatic carbocycles. The van der Waals surface area contributed by atoms with Crippen LogP contribution in [0.5, 0.6) is 0 Å². The summed E-state index contributed by atoms with van der Waals surface area (Å²) in [4.78, 5) is 22.2. The largest absolute Gasteiger partial charge is 0.480 e. The van der Waals surface area contributed by atoms with Gasteiger partial charge in [-0.2, -0.15) is 0 Å². The summed E-state index contributed by atoms with van der Waals surface area (Å²) in [7, 11) is 0. The first kappa shape index (κ1) is 15.9. The van der Waals surface area contributed by atoms with Crippen molar-refractivity contribution in [1.29, 1.82) is 0 Å². The highest BCUT2D eigenvalue weighted by Crippen LogP contribution is 2.07. The van der Waals surface area contributed by atoms with Crippen LogP contribution in [0.25, 0.3) is 0 Å². The van der Waals surface area contributed by atoms with E-state index in [9.17, 15) is 18.4 Å². The Labute approximate surface area is 114 Å². The average Bonchev–Trinajstić information content (AvgIpc) is 2.41. The molecule has 20 heavy (non-hydrogen) atoms. The Bertz CT molecular complexity index is 439. The maximum absolute atomic E-state index is 12.0. The quantitative estimate of drug-likeness (QED) is 0.807. The number of benzene rings is 1. The van der Waals surface area contributed by atoms with E-state index in [4.69, 9.17) is 9.84 Å². The lowest BCUT2D eigenvalue weighted by atomic mass is 10.1. The Balaban J connectivity index is 2.40. The standard InChI is InChI=1S/C13H15F2NO4/c14-11(15)7-6-10(12(17)18)16-13(19)20-8-9-4-2-1-3-5-9/h1-5,10-11H,6-8H2,(H,16,19)(H,17,18). The molecular weight excluding hydrogens is 272 g/mol. The van der Waals surface area contributed by atoms with Crippen molar-refractivity contribution in [2.45, 2.75) is 31.9 Å². The third-order valence-electron chi connectivity index (χ3n) is 2.48. The molecule has 1 atom stereocenters. The Morgan fingerprint density at radius 1 is 1.20 bits per heavy atom. The second-order valence-corrected chi connectivity index (χ2v) is 4.07. The van der Waals surface area contributed by atoms with E-state index >= 15 is 0 Å². The summed E-state index contributed by atoms with van der Waals surface area (Å²) in [5.74, 6) is -1.37. The van der Waals surface area contributed by atoms with Crippen LogP contribution in [0, 0.1) is 0 Å². The van der Waals surface area contributed by atoms with Crippen LogP contribution in [0.4, 0.5) is 13.6 Å². The van der Waals surface area contributed by atoms with Crippen LogP contribution in [-0.4, -0.2) is 29.6 Å². The monoisotopic (exact) mass is 287 g/mol. The van der Waals surface area contributed by atoms with Crippen LogP contribution in [0.1, 0.15) is 18.4 Å². The first-order chi connectivity index (χ1) is 9.49. The van der Waals surface area contributed by atoms with Gasteiger partial charge in [-0.25, -0.2) is 18.4 Å². The summed E-state index contributed by atoms with van der Waals surface area (Å²) in [5.41, 5.74) is 0.738. The fraction of sp³-hybridized carbons (Fsp3) is 0.385. The number of ether oxygens (including phenoxy) is 1. The minimum absolute atomic E-state index is 0.0200. The maximum Gasteiger partial charge on any atom is 0.408 e. The number of rotatable bonds is 7. The molecule has 1 rings (SSSR count). The summed E-state index contributed by atoms with van der Waals surface area (Å²) >= 11 is 0. The zero-order chi connectivity index (χ0) is 15.0. The number of halogens is 2. The minimum Gasteiger partial charge on any atom is -0.480 e. The van der Waals surface area contributed by atoms with Crippen molar-refractivity contribution in [1.82, 2.24) is 5.32 Å². The van der Waals surface area contributed by atoms with Gasteiger partial charge in [-0.05, 0) is 12.0 Å². The SMILES string of the molecule is O=C(NC(CCC(F)F)C(=O)O)OCc1ccccc1. The molecule has 1 aromatic rings. The number of alkyl carbamates (subject to hydrolysis) is 1. The van der Waals surface area contributed by atoms with E-state index in [0.717, 1.165) is 5.56 Å². The van der Waals surface area contributed by atoms with Crippen LogP contribution < -0.4 is 5.32 Å². The lowest BCUT2D eigenvalue weighted by Crippen LogP contribution is -2.41. The molecule has 0 heterocycles. The van der Waals surface area contributed by atoms with Gasteiger partial charge >= 0.3 is 12.1 Å². The van der Waals surface area contributed by atoms with E-state index in [-0.39, 0.29) is 13.0 Å². The van der Waals surface area contributed by atoms with Crippen LogP contribution in [0.3, 0.4) is 0 Å². The molecule has 0 spiro atoms. The lowest BCUT2D eigenvalue weighted by molar-refractivity contribution is -0.139. The minimum atomic E-state index is -2.61. The van der Waals surface area contributed by atoms with Gasteiger partial charge in [0.1, 0.15) is 12.6 Å². The Kier molecular flexibility index (Phi) is 6.42. The Morgan fingerprint density at radius 3 is 2.40 bits per heavy atom. The third kappa shape index (κ3) is 6.12. The molecule has 0 fully saturated rings. The molecule has 1 unspecified atom stereocenters. The Hall–Kier alpha value is -2.18. The number of alkyl halides is 2. The first-order valence-electron chi connectivity index (χ1n) is 5.97. The van der Waals surface area contributed by atoms with Crippen LogP contribution in [0.2, 0.25) is 0 Å². The number of hydrogen-bond acceptors (Lipinski definition) is 3. The van der Waals surface area contributed by atoms with E-state index in [0.29, 0.717) is 0 Å². The number of carboxylic acid groups (broad SMARTS) is 1. The van der Waals surface area contributed by atoms with Crippen molar-refractivity contribution < 1.29 is 28.2 Å². The molecule has 110 valence electrons. The van der Waals surface area contributed by atoms with Crippen LogP contribution in [0.15, 0.2) is 30.3 Å². The molecule has 0 aliphatic rings. The average molecular weight is 287 g/mol. The molecule has 0 saturated heterocycles. The first-order valence-corrected chi connectivity index (χ1v) is 5.97. The van der Waals surface area contributed by atoms with Crippen molar-refractivity contribution >= 4 is 12.1 Å². The van der Waals surface area contributed by atoms with E-state index in [1.165, 1.54) is 0 Å². The van der Waals surface area contributed by atoms with E-state index in [1.807, 2.05) is 5.32 Å². The molecule has 2 N–H and O–H groups in total. The second kappa shape index (κ2) is 8.08. The van der Waals surface area contributed by atoms with Gasteiger partial charge in [0, 0.05) is 6.42 Å². The van der Waals surface area contributed by atoms with E-state index in [2.05, 4.69) is 0 Å². The van der Waals surface area contributed by atoms with E-state index in [1.54, 1.807) is 30.3 Å². The van der Waals surface area contributed by atoms with Gasteiger partial charge < -0.3 is 15.2 Å². The zero-order valence-corrected chi connectivity index (χ0v) is 10.6. The van der Waals surface area contributed by atoms with Gasteiger partial charge in [0.2, 0.25) is 6.43 Å². The maximum atomic E-state index is 12.0. The van der Waals surface area contributed by atoms with E-state index < -0.39 is 31.0 Å². The molecule has 1 aromatic carbocycles. The topological polar surface area (TPSA) is 75.6 Å². The second-order valence-electron chi connectivity index (χ2n) is 4.07. The number of hydrogen-bond donors (Lipinski definition) is 2. The van der Waals surface area contributed by atoms with Gasteiger partial charge in [-0.15, -0.1) is 0 Å². The number of nitrogens with one attached hydrogen (secondary N) is 1. The predicted molar refractivity (Wildman–Crippen MR) is 66.4 cm³/mol. The summed E-state index contributed by atoms with van der Waals surface area (Å²) < 4.78 is 28.9. The highest BCUT2D eigenvalue weighted by atomic mass is 19.3. The van der Waals surface area contributed by atoms with Crippen LogP contribution >= 0.6 is 0 Å². The fourth-order valence-electron chi connectivity index (χ4n) is 1.46. The molecule has 0 aliphatic heterocycles. The van der Waals surface area contributed by atoms with Gasteiger partial charge in [0.15, 0.2) is 0 Å².